The van der Waals surface area contributed by atoms with Crippen LogP contribution in [0.2, 0.25) is 0 Å². The van der Waals surface area contributed by atoms with Gasteiger partial charge in [-0.3, -0.25) is 4.79 Å². The average Bonchev–Trinajstić information content (AvgIpc) is 3.45. The van der Waals surface area contributed by atoms with E-state index in [0.29, 0.717) is 19.0 Å². The van der Waals surface area contributed by atoms with Crippen molar-refractivity contribution in [3.8, 4) is 0 Å². The Morgan fingerprint density at radius 3 is 2.84 bits per heavy atom. The Morgan fingerprint density at radius 2 is 2.06 bits per heavy atom. The van der Waals surface area contributed by atoms with Gasteiger partial charge in [0.05, 0.1) is 11.1 Å². The van der Waals surface area contributed by atoms with Crippen LogP contribution in [0.3, 0.4) is 0 Å². The van der Waals surface area contributed by atoms with Crippen LogP contribution in [-0.4, -0.2) is 72.1 Å². The first-order chi connectivity index (χ1) is 14.9. The minimum absolute atomic E-state index is 0.00291. The Hall–Kier alpha value is -2.20. The number of rotatable bonds is 7. The maximum atomic E-state index is 13.0. The number of fused-ring (bicyclic) bond motifs is 1. The SMILES string of the molecule is CC1CCN(S(=O)(=O)CCNC(=O)C2CCCC2)CC1N(C)c1ncnc2[nH]ccc12. The first kappa shape index (κ1) is 22.0. The van der Waals surface area contributed by atoms with Gasteiger partial charge in [-0.05, 0) is 31.2 Å². The molecule has 2 fully saturated rings. The zero-order chi connectivity index (χ0) is 22.0. The molecule has 0 bridgehead atoms. The lowest BCUT2D eigenvalue weighted by molar-refractivity contribution is -0.124. The third-order valence-electron chi connectivity index (χ3n) is 6.82. The third-order valence-corrected chi connectivity index (χ3v) is 8.66. The third kappa shape index (κ3) is 4.69. The molecule has 31 heavy (non-hydrogen) atoms. The van der Waals surface area contributed by atoms with Crippen molar-refractivity contribution in [3.63, 3.8) is 0 Å². The molecular weight excluding hydrogens is 416 g/mol. The summed E-state index contributed by atoms with van der Waals surface area (Å²) in [4.78, 5) is 26.1. The normalized spacial score (nSPS) is 23.3. The zero-order valence-corrected chi connectivity index (χ0v) is 19.1. The molecule has 2 aliphatic rings. The first-order valence-electron chi connectivity index (χ1n) is 11.1. The van der Waals surface area contributed by atoms with E-state index in [1.54, 1.807) is 4.31 Å². The molecule has 2 aromatic rings. The molecule has 0 spiro atoms. The first-order valence-corrected chi connectivity index (χ1v) is 12.7. The summed E-state index contributed by atoms with van der Waals surface area (Å²) in [6.45, 7) is 3.24. The lowest BCUT2D eigenvalue weighted by Crippen LogP contribution is -2.53. The van der Waals surface area contributed by atoms with E-state index in [1.165, 1.54) is 6.33 Å². The Balaban J connectivity index is 1.40. The van der Waals surface area contributed by atoms with Crippen molar-refractivity contribution in [1.82, 2.24) is 24.6 Å². The highest BCUT2D eigenvalue weighted by atomic mass is 32.2. The van der Waals surface area contributed by atoms with Gasteiger partial charge in [-0.1, -0.05) is 19.8 Å². The fourth-order valence-corrected chi connectivity index (χ4v) is 6.22. The van der Waals surface area contributed by atoms with Crippen LogP contribution in [0.15, 0.2) is 18.6 Å². The number of anilines is 1. The number of sulfonamides is 1. The van der Waals surface area contributed by atoms with E-state index in [2.05, 4.69) is 32.1 Å². The van der Waals surface area contributed by atoms with Crippen LogP contribution in [0.25, 0.3) is 11.0 Å². The van der Waals surface area contributed by atoms with Gasteiger partial charge in [-0.15, -0.1) is 0 Å². The lowest BCUT2D eigenvalue weighted by Gasteiger charge is -2.41. The number of nitrogens with one attached hydrogen (secondary N) is 2. The van der Waals surface area contributed by atoms with Crippen LogP contribution in [0.1, 0.15) is 39.0 Å². The second kappa shape index (κ2) is 9.12. The fraction of sp³-hybridized carbons (Fsp3) is 0.667. The molecule has 0 radical (unpaired) electrons. The maximum Gasteiger partial charge on any atom is 0.223 e. The Labute approximate surface area is 183 Å². The topological polar surface area (TPSA) is 111 Å². The fourth-order valence-electron chi connectivity index (χ4n) is 4.84. The second-order valence-electron chi connectivity index (χ2n) is 8.83. The second-order valence-corrected chi connectivity index (χ2v) is 10.9. The predicted molar refractivity (Wildman–Crippen MR) is 120 cm³/mol. The van der Waals surface area contributed by atoms with Gasteiger partial charge < -0.3 is 15.2 Å². The standard InChI is InChI=1S/C21H32N6O3S/c1-15-8-11-27(31(29,30)12-10-23-21(28)16-5-3-4-6-16)13-18(15)26(2)20-17-7-9-22-19(17)24-14-25-20/h7,9,14-16,18H,3-6,8,10-13H2,1-2H3,(H,23,28)(H,22,24,25). The van der Waals surface area contributed by atoms with Crippen molar-refractivity contribution < 1.29 is 13.2 Å². The molecule has 1 saturated heterocycles. The summed E-state index contributed by atoms with van der Waals surface area (Å²) in [6, 6.07) is 1.94. The smallest absolute Gasteiger partial charge is 0.223 e. The number of hydrogen-bond acceptors (Lipinski definition) is 6. The molecule has 3 heterocycles. The summed E-state index contributed by atoms with van der Waals surface area (Å²) in [5, 5.41) is 3.75. The molecule has 1 saturated carbocycles. The van der Waals surface area contributed by atoms with Gasteiger partial charge in [0.2, 0.25) is 15.9 Å². The molecule has 1 amide bonds. The molecule has 1 aliphatic heterocycles. The van der Waals surface area contributed by atoms with Crippen LogP contribution < -0.4 is 10.2 Å². The monoisotopic (exact) mass is 448 g/mol. The molecule has 2 atom stereocenters. The van der Waals surface area contributed by atoms with Crippen LogP contribution in [0.5, 0.6) is 0 Å². The van der Waals surface area contributed by atoms with Crippen molar-refractivity contribution in [2.75, 3.05) is 37.3 Å². The molecule has 2 aromatic heterocycles. The van der Waals surface area contributed by atoms with E-state index >= 15 is 0 Å². The predicted octanol–water partition coefficient (Wildman–Crippen LogP) is 1.74. The van der Waals surface area contributed by atoms with Crippen LogP contribution in [0.4, 0.5) is 5.82 Å². The number of aromatic nitrogens is 3. The quantitative estimate of drug-likeness (QED) is 0.667. The number of aromatic amines is 1. The maximum absolute atomic E-state index is 13.0. The van der Waals surface area contributed by atoms with Crippen LogP contribution in [0, 0.1) is 11.8 Å². The minimum atomic E-state index is -3.45. The number of nitrogens with zero attached hydrogens (tertiary/aromatic N) is 4. The van der Waals surface area contributed by atoms with E-state index in [9.17, 15) is 13.2 Å². The van der Waals surface area contributed by atoms with Crippen molar-refractivity contribution in [2.45, 2.75) is 45.1 Å². The Morgan fingerprint density at radius 1 is 1.29 bits per heavy atom. The number of piperidine rings is 1. The van der Waals surface area contributed by atoms with Crippen molar-refractivity contribution in [1.29, 1.82) is 0 Å². The van der Waals surface area contributed by atoms with Gasteiger partial charge >= 0.3 is 0 Å². The van der Waals surface area contributed by atoms with Gasteiger partial charge in [-0.2, -0.15) is 4.31 Å². The number of likely N-dealkylation sites (N-methyl/N-ethyl adjacent to an activating group) is 1. The molecule has 4 rings (SSSR count). The molecule has 9 nitrogen and oxygen atoms in total. The number of amides is 1. The summed E-state index contributed by atoms with van der Waals surface area (Å²) in [6.07, 6.45) is 8.13. The van der Waals surface area contributed by atoms with Crippen molar-refractivity contribution >= 4 is 32.8 Å². The summed E-state index contributed by atoms with van der Waals surface area (Å²) in [5.74, 6) is 1.10. The van der Waals surface area contributed by atoms with E-state index in [0.717, 1.165) is 49.0 Å². The van der Waals surface area contributed by atoms with Crippen molar-refractivity contribution in [2.24, 2.45) is 11.8 Å². The molecule has 10 heteroatoms. The van der Waals surface area contributed by atoms with E-state index in [4.69, 9.17) is 0 Å². The molecule has 2 N–H and O–H groups in total. The van der Waals surface area contributed by atoms with Crippen LogP contribution >= 0.6 is 0 Å². The number of hydrogen-bond donors (Lipinski definition) is 2. The number of carbonyl (C=O) groups excluding carboxylic acids is 1. The van der Waals surface area contributed by atoms with Gasteiger partial charge in [0.1, 0.15) is 17.8 Å². The molecule has 170 valence electrons. The number of carbonyl (C=O) groups is 1. The number of H-pyrrole nitrogens is 1. The van der Waals surface area contributed by atoms with Crippen molar-refractivity contribution in [3.05, 3.63) is 18.6 Å². The van der Waals surface area contributed by atoms with Gasteiger partial charge in [0.25, 0.3) is 0 Å². The van der Waals surface area contributed by atoms with Gasteiger partial charge in [0.15, 0.2) is 0 Å². The zero-order valence-electron chi connectivity index (χ0n) is 18.2. The Bertz CT molecular complexity index is 1020. The molecular formula is C21H32N6O3S. The summed E-state index contributed by atoms with van der Waals surface area (Å²) in [5.41, 5.74) is 0.766. The Kier molecular flexibility index (Phi) is 6.47. The highest BCUT2D eigenvalue weighted by Crippen LogP contribution is 2.29. The highest BCUT2D eigenvalue weighted by molar-refractivity contribution is 7.89. The average molecular weight is 449 g/mol. The van der Waals surface area contributed by atoms with Gasteiger partial charge in [-0.25, -0.2) is 18.4 Å². The summed E-state index contributed by atoms with van der Waals surface area (Å²) < 4.78 is 27.6. The minimum Gasteiger partial charge on any atom is -0.355 e. The van der Waals surface area contributed by atoms with E-state index < -0.39 is 10.0 Å². The highest BCUT2D eigenvalue weighted by Gasteiger charge is 2.35. The largest absolute Gasteiger partial charge is 0.355 e. The molecule has 2 unspecified atom stereocenters. The van der Waals surface area contributed by atoms with E-state index in [1.807, 2.05) is 19.3 Å². The van der Waals surface area contributed by atoms with Crippen LogP contribution in [-0.2, 0) is 14.8 Å². The van der Waals surface area contributed by atoms with Gasteiger partial charge in [0, 0.05) is 44.8 Å². The summed E-state index contributed by atoms with van der Waals surface area (Å²) in [7, 11) is -1.49. The molecule has 1 aliphatic carbocycles. The summed E-state index contributed by atoms with van der Waals surface area (Å²) >= 11 is 0. The van der Waals surface area contributed by atoms with E-state index in [-0.39, 0.29) is 30.2 Å². The lowest BCUT2D eigenvalue weighted by atomic mass is 9.93. The molecule has 0 aromatic carbocycles.